The molecule has 94 valence electrons. The van der Waals surface area contributed by atoms with E-state index in [4.69, 9.17) is 0 Å². The lowest BCUT2D eigenvalue weighted by Crippen LogP contribution is -2.40. The molecule has 0 radical (unpaired) electrons. The Morgan fingerprint density at radius 3 is 2.56 bits per heavy atom. The van der Waals surface area contributed by atoms with Crippen LogP contribution >= 0.6 is 21.0 Å². The van der Waals surface area contributed by atoms with Crippen molar-refractivity contribution < 1.29 is 0 Å². The molecule has 1 aliphatic rings. The standard InChI is InChI=1S/C13H26NPS/c1-5-8-13(9-7-10(3)4)14-12(15)11(6-2)16-13/h11-12,14H,3,5-9,15H2,1-2,4H3. The zero-order valence-corrected chi connectivity index (χ0v) is 12.9. The predicted molar refractivity (Wildman–Crippen MR) is 80.0 cm³/mol. The molecule has 3 heteroatoms. The summed E-state index contributed by atoms with van der Waals surface area (Å²) in [5.41, 5.74) is 1.30. The number of thioether (sulfide) groups is 1. The van der Waals surface area contributed by atoms with E-state index in [9.17, 15) is 0 Å². The Kier molecular flexibility index (Phi) is 5.84. The molecule has 0 amide bonds. The fourth-order valence-electron chi connectivity index (χ4n) is 2.34. The van der Waals surface area contributed by atoms with Gasteiger partial charge in [0.05, 0.1) is 4.87 Å². The fraction of sp³-hybridized carbons (Fsp3) is 0.846. The SMILES string of the molecule is C=C(C)CCC1(CCC)NC(P)C(CC)S1. The number of nitrogens with one attached hydrogen (secondary N) is 1. The first-order valence-corrected chi connectivity index (χ1v) is 7.93. The molecule has 4 unspecified atom stereocenters. The molecule has 0 aromatic rings. The summed E-state index contributed by atoms with van der Waals surface area (Å²) in [6.07, 6.45) is 6.15. The van der Waals surface area contributed by atoms with E-state index in [1.165, 1.54) is 31.3 Å². The zero-order chi connectivity index (χ0) is 12.2. The maximum Gasteiger partial charge on any atom is 0.0656 e. The first kappa shape index (κ1) is 14.5. The van der Waals surface area contributed by atoms with Gasteiger partial charge < -0.3 is 0 Å². The molecule has 16 heavy (non-hydrogen) atoms. The van der Waals surface area contributed by atoms with Crippen molar-refractivity contribution in [2.45, 2.75) is 68.8 Å². The highest BCUT2D eigenvalue weighted by atomic mass is 32.2. The molecule has 1 nitrogen and oxygen atoms in total. The minimum Gasteiger partial charge on any atom is -0.295 e. The first-order valence-electron chi connectivity index (χ1n) is 6.38. The van der Waals surface area contributed by atoms with Crippen LogP contribution in [0, 0.1) is 0 Å². The van der Waals surface area contributed by atoms with Crippen molar-refractivity contribution in [1.29, 1.82) is 0 Å². The molecule has 1 fully saturated rings. The van der Waals surface area contributed by atoms with Crippen LogP contribution in [-0.4, -0.2) is 15.9 Å². The molecule has 1 heterocycles. The van der Waals surface area contributed by atoms with E-state index in [-0.39, 0.29) is 0 Å². The number of hydrogen-bond donors (Lipinski definition) is 1. The van der Waals surface area contributed by atoms with E-state index in [1.807, 2.05) is 0 Å². The summed E-state index contributed by atoms with van der Waals surface area (Å²) in [6, 6.07) is 0. The van der Waals surface area contributed by atoms with Crippen LogP contribution in [0.25, 0.3) is 0 Å². The first-order chi connectivity index (χ1) is 7.53. The largest absolute Gasteiger partial charge is 0.295 e. The summed E-state index contributed by atoms with van der Waals surface area (Å²) in [6.45, 7) is 10.7. The lowest BCUT2D eigenvalue weighted by atomic mass is 10.0. The number of hydrogen-bond acceptors (Lipinski definition) is 2. The average Bonchev–Trinajstić information content (AvgIpc) is 2.53. The zero-order valence-electron chi connectivity index (χ0n) is 10.9. The van der Waals surface area contributed by atoms with Crippen LogP contribution in [0.5, 0.6) is 0 Å². The van der Waals surface area contributed by atoms with Crippen molar-refractivity contribution in [2.75, 3.05) is 0 Å². The number of allylic oxidation sites excluding steroid dienone is 1. The van der Waals surface area contributed by atoms with Crippen LogP contribution < -0.4 is 5.32 Å². The third-order valence-corrected chi connectivity index (χ3v) is 6.04. The number of rotatable bonds is 6. The van der Waals surface area contributed by atoms with Gasteiger partial charge in [0.1, 0.15) is 0 Å². The van der Waals surface area contributed by atoms with Crippen molar-refractivity contribution >= 4 is 21.0 Å². The monoisotopic (exact) mass is 259 g/mol. The van der Waals surface area contributed by atoms with Gasteiger partial charge in [-0.1, -0.05) is 25.8 Å². The van der Waals surface area contributed by atoms with Gasteiger partial charge in [0.25, 0.3) is 0 Å². The van der Waals surface area contributed by atoms with Crippen molar-refractivity contribution in [3.05, 3.63) is 12.2 Å². The van der Waals surface area contributed by atoms with Crippen LogP contribution in [0.1, 0.15) is 52.9 Å². The van der Waals surface area contributed by atoms with Crippen molar-refractivity contribution in [2.24, 2.45) is 0 Å². The van der Waals surface area contributed by atoms with E-state index in [1.54, 1.807) is 0 Å². The summed E-state index contributed by atoms with van der Waals surface area (Å²) in [4.78, 5) is 0.306. The van der Waals surface area contributed by atoms with Gasteiger partial charge in [-0.25, -0.2) is 0 Å². The van der Waals surface area contributed by atoms with E-state index in [0.29, 0.717) is 10.7 Å². The summed E-state index contributed by atoms with van der Waals surface area (Å²) < 4.78 is 0. The molecule has 1 rings (SSSR count). The maximum atomic E-state index is 4.02. The Morgan fingerprint density at radius 1 is 1.44 bits per heavy atom. The van der Waals surface area contributed by atoms with Gasteiger partial charge in [-0.2, -0.15) is 0 Å². The highest BCUT2D eigenvalue weighted by molar-refractivity contribution is 8.01. The van der Waals surface area contributed by atoms with Crippen LogP contribution in [0.15, 0.2) is 12.2 Å². The minimum absolute atomic E-state index is 0.306. The molecule has 0 aliphatic carbocycles. The third-order valence-electron chi connectivity index (χ3n) is 3.22. The second-order valence-electron chi connectivity index (χ2n) is 4.94. The summed E-state index contributed by atoms with van der Waals surface area (Å²) in [5.74, 6) is 0.576. The van der Waals surface area contributed by atoms with Crippen LogP contribution in [0.2, 0.25) is 0 Å². The Morgan fingerprint density at radius 2 is 2.12 bits per heavy atom. The average molecular weight is 259 g/mol. The Bertz CT molecular complexity index is 244. The van der Waals surface area contributed by atoms with Crippen LogP contribution in [0.3, 0.4) is 0 Å². The molecule has 1 aliphatic heterocycles. The van der Waals surface area contributed by atoms with E-state index in [0.717, 1.165) is 11.7 Å². The summed E-state index contributed by atoms with van der Waals surface area (Å²) >= 11 is 2.16. The molecule has 1 saturated heterocycles. The molecular weight excluding hydrogens is 233 g/mol. The van der Waals surface area contributed by atoms with Gasteiger partial charge in [-0.05, 0) is 32.6 Å². The molecule has 1 N–H and O–H groups in total. The van der Waals surface area contributed by atoms with Gasteiger partial charge in [-0.15, -0.1) is 27.6 Å². The lowest BCUT2D eigenvalue weighted by Gasteiger charge is -2.29. The topological polar surface area (TPSA) is 12.0 Å². The van der Waals surface area contributed by atoms with Gasteiger partial charge >= 0.3 is 0 Å². The van der Waals surface area contributed by atoms with Gasteiger partial charge in [0.2, 0.25) is 0 Å². The normalized spacial score (nSPS) is 34.2. The lowest BCUT2D eigenvalue weighted by molar-refractivity contribution is 0.417. The highest BCUT2D eigenvalue weighted by Crippen LogP contribution is 2.45. The predicted octanol–water partition coefficient (Wildman–Crippen LogP) is 4.16. The van der Waals surface area contributed by atoms with Crippen LogP contribution in [0.4, 0.5) is 0 Å². The summed E-state index contributed by atoms with van der Waals surface area (Å²) in [7, 11) is 2.97. The van der Waals surface area contributed by atoms with Crippen molar-refractivity contribution in [3.63, 3.8) is 0 Å². The summed E-state index contributed by atoms with van der Waals surface area (Å²) in [5, 5.41) is 4.56. The van der Waals surface area contributed by atoms with Gasteiger partial charge in [0, 0.05) is 11.0 Å². The van der Waals surface area contributed by atoms with Crippen LogP contribution in [-0.2, 0) is 0 Å². The third kappa shape index (κ3) is 3.75. The smallest absolute Gasteiger partial charge is 0.0656 e. The fourth-order valence-corrected chi connectivity index (χ4v) is 4.99. The molecule has 0 saturated carbocycles. The van der Waals surface area contributed by atoms with Crippen molar-refractivity contribution in [1.82, 2.24) is 5.32 Å². The molecule has 0 spiro atoms. The molecule has 0 aromatic heterocycles. The second kappa shape index (κ2) is 6.42. The Balaban J connectivity index is 2.63. The molecule has 0 bridgehead atoms. The molecule has 4 atom stereocenters. The van der Waals surface area contributed by atoms with E-state index in [2.05, 4.69) is 53.7 Å². The van der Waals surface area contributed by atoms with Gasteiger partial charge in [0.15, 0.2) is 0 Å². The minimum atomic E-state index is 0.306. The van der Waals surface area contributed by atoms with Gasteiger partial charge in [-0.3, -0.25) is 5.32 Å². The Labute approximate surface area is 107 Å². The van der Waals surface area contributed by atoms with E-state index < -0.39 is 0 Å². The van der Waals surface area contributed by atoms with E-state index >= 15 is 0 Å². The van der Waals surface area contributed by atoms with Crippen molar-refractivity contribution in [3.8, 4) is 0 Å². The maximum absolute atomic E-state index is 4.02. The molecular formula is C13H26NPS. The molecule has 0 aromatic carbocycles. The second-order valence-corrected chi connectivity index (χ2v) is 7.28. The Hall–Kier alpha value is 0.480. The highest BCUT2D eigenvalue weighted by Gasteiger charge is 2.41. The quantitative estimate of drug-likeness (QED) is 0.568.